The van der Waals surface area contributed by atoms with Gasteiger partial charge in [0.25, 0.3) is 0 Å². The molecule has 1 N–H and O–H groups in total. The SMILES string of the molecule is Cc1c(F)ccc2cccc(-c3nc4c5c(nc(OC[C@@]67CCCN6[C@H](COCC(F)(F)F)CC7)nc5c3F)N3C[C@H]5CC[C@H](N5)[C@H]3CC4)c12. The Morgan fingerprint density at radius 2 is 1.88 bits per heavy atom. The number of halogens is 5. The van der Waals surface area contributed by atoms with Crippen LogP contribution in [0.4, 0.5) is 27.8 Å². The van der Waals surface area contributed by atoms with Gasteiger partial charge in [0, 0.05) is 36.3 Å². The Morgan fingerprint density at radius 1 is 1.00 bits per heavy atom. The molecule has 5 aliphatic rings. The molecule has 0 unspecified atom stereocenters. The van der Waals surface area contributed by atoms with Crippen molar-refractivity contribution in [3.63, 3.8) is 0 Å². The van der Waals surface area contributed by atoms with Crippen molar-refractivity contribution < 1.29 is 31.4 Å². The van der Waals surface area contributed by atoms with Gasteiger partial charge in [0.1, 0.15) is 36.1 Å². The lowest BCUT2D eigenvalue weighted by Crippen LogP contribution is -2.58. The third-order valence-electron chi connectivity index (χ3n) is 11.9. The molecule has 2 bridgehead atoms. The molecule has 0 amide bonds. The van der Waals surface area contributed by atoms with Crippen LogP contribution in [-0.2, 0) is 11.2 Å². The van der Waals surface area contributed by atoms with Crippen molar-refractivity contribution in [1.82, 2.24) is 25.2 Å². The van der Waals surface area contributed by atoms with Crippen molar-refractivity contribution in [2.75, 3.05) is 37.8 Å². The summed E-state index contributed by atoms with van der Waals surface area (Å²) >= 11 is 0. The number of aromatic nitrogens is 3. The Bertz CT molecular complexity index is 1990. The fraction of sp³-hybridized carbons (Fsp3) is 0.541. The summed E-state index contributed by atoms with van der Waals surface area (Å²) in [5.74, 6) is -0.344. The molecular weight excluding hydrogens is 655 g/mol. The number of benzene rings is 2. The molecule has 13 heteroatoms. The highest BCUT2D eigenvalue weighted by molar-refractivity contribution is 6.01. The Labute approximate surface area is 286 Å². The molecule has 2 aromatic carbocycles. The number of nitrogens with one attached hydrogen (secondary N) is 1. The topological polar surface area (TPSA) is 75.6 Å². The highest BCUT2D eigenvalue weighted by atomic mass is 19.4. The molecule has 5 aliphatic heterocycles. The quantitative estimate of drug-likeness (QED) is 0.216. The van der Waals surface area contributed by atoms with E-state index in [-0.39, 0.29) is 59.9 Å². The van der Waals surface area contributed by atoms with E-state index in [2.05, 4.69) is 15.1 Å². The summed E-state index contributed by atoms with van der Waals surface area (Å²) in [5.41, 5.74) is 1.52. The standard InChI is InChI=1S/C37H39F5N6O2/c1-20-25(38)8-6-21-4-2-5-24(29(20)21)32-31(39)33-30-27(44-32)10-11-28-26-9-7-22(43-26)16-47(28)34(30)46-35(45-33)50-18-36-13-3-15-48(36)23(12-14-36)17-49-19-37(40,41)42/h2,4-6,8,22-23,26,28,43H,3,7,9-19H2,1H3/t22-,23+,26+,28-,36+/m1/s1. The molecule has 8 nitrogen and oxygen atoms in total. The molecule has 9 rings (SSSR count). The van der Waals surface area contributed by atoms with E-state index < -0.39 is 18.6 Å². The summed E-state index contributed by atoms with van der Waals surface area (Å²) in [6, 6.07) is 9.28. The fourth-order valence-corrected chi connectivity index (χ4v) is 9.64. The third kappa shape index (κ3) is 5.30. The van der Waals surface area contributed by atoms with Crippen molar-refractivity contribution in [3.8, 4) is 17.3 Å². The summed E-state index contributed by atoms with van der Waals surface area (Å²) in [6.45, 7) is 2.15. The van der Waals surface area contributed by atoms with E-state index in [0.29, 0.717) is 52.3 Å². The Balaban J connectivity index is 1.12. The molecule has 4 fully saturated rings. The second-order valence-electron chi connectivity index (χ2n) is 14.8. The van der Waals surface area contributed by atoms with Crippen LogP contribution in [0, 0.1) is 18.6 Å². The number of aryl methyl sites for hydroxylation is 2. The molecule has 264 valence electrons. The molecule has 0 saturated carbocycles. The number of pyridine rings is 1. The first kappa shape index (κ1) is 32.2. The number of ether oxygens (including phenoxy) is 2. The summed E-state index contributed by atoms with van der Waals surface area (Å²) < 4.78 is 81.9. The molecule has 4 aromatic rings. The molecule has 4 saturated heterocycles. The zero-order valence-corrected chi connectivity index (χ0v) is 27.8. The Kier molecular flexibility index (Phi) is 7.70. The molecular formula is C37H39F5N6O2. The number of hydrogen-bond donors (Lipinski definition) is 1. The highest BCUT2D eigenvalue weighted by Gasteiger charge is 2.50. The van der Waals surface area contributed by atoms with Crippen LogP contribution in [-0.4, -0.2) is 88.6 Å². The van der Waals surface area contributed by atoms with Crippen LogP contribution in [0.25, 0.3) is 32.9 Å². The first-order valence-corrected chi connectivity index (χ1v) is 17.7. The number of nitrogens with zero attached hydrogens (tertiary/aromatic N) is 5. The summed E-state index contributed by atoms with van der Waals surface area (Å²) in [7, 11) is 0. The van der Waals surface area contributed by atoms with Crippen molar-refractivity contribution in [1.29, 1.82) is 0 Å². The number of anilines is 1. The predicted molar refractivity (Wildman–Crippen MR) is 178 cm³/mol. The summed E-state index contributed by atoms with van der Waals surface area (Å²) in [6.07, 6.45) is 2.35. The average molecular weight is 695 g/mol. The van der Waals surface area contributed by atoms with Gasteiger partial charge in [0.15, 0.2) is 5.82 Å². The van der Waals surface area contributed by atoms with E-state index in [1.165, 1.54) is 6.07 Å². The molecule has 7 heterocycles. The van der Waals surface area contributed by atoms with Crippen LogP contribution in [0.15, 0.2) is 30.3 Å². The molecule has 50 heavy (non-hydrogen) atoms. The Morgan fingerprint density at radius 3 is 2.74 bits per heavy atom. The molecule has 0 spiro atoms. The summed E-state index contributed by atoms with van der Waals surface area (Å²) in [4.78, 5) is 19.3. The minimum atomic E-state index is -4.37. The van der Waals surface area contributed by atoms with Gasteiger partial charge in [0.05, 0.1) is 23.2 Å². The zero-order chi connectivity index (χ0) is 34.4. The van der Waals surface area contributed by atoms with Crippen LogP contribution in [0.5, 0.6) is 6.01 Å². The highest BCUT2D eigenvalue weighted by Crippen LogP contribution is 2.45. The van der Waals surface area contributed by atoms with Crippen LogP contribution in [0.1, 0.15) is 56.2 Å². The Hall–Kier alpha value is -3.68. The van der Waals surface area contributed by atoms with Gasteiger partial charge in [-0.2, -0.15) is 23.1 Å². The van der Waals surface area contributed by atoms with E-state index in [0.717, 1.165) is 57.0 Å². The minimum absolute atomic E-state index is 0.00586. The fourth-order valence-electron chi connectivity index (χ4n) is 9.64. The van der Waals surface area contributed by atoms with E-state index in [4.69, 9.17) is 24.4 Å². The van der Waals surface area contributed by atoms with Crippen molar-refractivity contribution in [3.05, 3.63) is 53.2 Å². The van der Waals surface area contributed by atoms with Gasteiger partial charge in [-0.05, 0) is 87.2 Å². The molecule has 5 atom stereocenters. The first-order valence-electron chi connectivity index (χ1n) is 17.7. The largest absolute Gasteiger partial charge is 0.461 e. The van der Waals surface area contributed by atoms with E-state index in [9.17, 15) is 17.6 Å². The number of alkyl halides is 3. The predicted octanol–water partition coefficient (Wildman–Crippen LogP) is 6.64. The normalized spacial score (nSPS) is 27.6. The van der Waals surface area contributed by atoms with Crippen molar-refractivity contribution in [2.45, 2.75) is 94.2 Å². The second kappa shape index (κ2) is 11.9. The summed E-state index contributed by atoms with van der Waals surface area (Å²) in [5, 5.41) is 5.75. The lowest BCUT2D eigenvalue weighted by atomic mass is 9.95. The zero-order valence-electron chi connectivity index (χ0n) is 27.8. The van der Waals surface area contributed by atoms with Gasteiger partial charge in [-0.25, -0.2) is 13.8 Å². The van der Waals surface area contributed by atoms with Gasteiger partial charge in [-0.3, -0.25) is 4.90 Å². The number of hydrogen-bond acceptors (Lipinski definition) is 8. The van der Waals surface area contributed by atoms with E-state index in [1.807, 2.05) is 12.1 Å². The van der Waals surface area contributed by atoms with Crippen molar-refractivity contribution >= 4 is 27.5 Å². The van der Waals surface area contributed by atoms with E-state index >= 15 is 4.39 Å². The maximum Gasteiger partial charge on any atom is 0.411 e. The van der Waals surface area contributed by atoms with Crippen molar-refractivity contribution in [2.24, 2.45) is 0 Å². The minimum Gasteiger partial charge on any atom is -0.461 e. The van der Waals surface area contributed by atoms with Gasteiger partial charge in [-0.15, -0.1) is 0 Å². The van der Waals surface area contributed by atoms with Gasteiger partial charge in [0.2, 0.25) is 0 Å². The van der Waals surface area contributed by atoms with Gasteiger partial charge < -0.3 is 19.7 Å². The second-order valence-corrected chi connectivity index (χ2v) is 14.8. The smallest absolute Gasteiger partial charge is 0.411 e. The molecule has 2 aromatic heterocycles. The number of fused-ring (bicyclic) bond motifs is 7. The average Bonchev–Trinajstić information content (AvgIpc) is 3.76. The molecule has 0 radical (unpaired) electrons. The first-order chi connectivity index (χ1) is 24.1. The van der Waals surface area contributed by atoms with Crippen LogP contribution in [0.2, 0.25) is 0 Å². The van der Waals surface area contributed by atoms with Crippen LogP contribution < -0.4 is 15.0 Å². The third-order valence-corrected chi connectivity index (χ3v) is 11.9. The van der Waals surface area contributed by atoms with E-state index in [1.54, 1.807) is 19.1 Å². The number of piperazine rings is 1. The van der Waals surface area contributed by atoms with Crippen LogP contribution >= 0.6 is 0 Å². The lowest BCUT2D eigenvalue weighted by molar-refractivity contribution is -0.177. The monoisotopic (exact) mass is 694 g/mol. The maximum atomic E-state index is 17.1. The lowest BCUT2D eigenvalue weighted by Gasteiger charge is -2.41. The van der Waals surface area contributed by atoms with Gasteiger partial charge >= 0.3 is 12.2 Å². The van der Waals surface area contributed by atoms with Crippen LogP contribution in [0.3, 0.4) is 0 Å². The maximum absolute atomic E-state index is 17.1. The molecule has 0 aliphatic carbocycles. The number of rotatable bonds is 7. The van der Waals surface area contributed by atoms with Gasteiger partial charge in [-0.1, -0.05) is 24.3 Å².